The monoisotopic (exact) mass is 354 g/mol. The Morgan fingerprint density at radius 2 is 2.10 bits per heavy atom. The quantitative estimate of drug-likeness (QED) is 0.820. The molecule has 0 aliphatic heterocycles. The second-order valence-electron chi connectivity index (χ2n) is 3.90. The van der Waals surface area contributed by atoms with Crippen molar-refractivity contribution in [2.24, 2.45) is 0 Å². The third kappa shape index (κ3) is 4.17. The van der Waals surface area contributed by atoms with Gasteiger partial charge in [-0.05, 0) is 31.2 Å². The zero-order chi connectivity index (χ0) is 14.5. The van der Waals surface area contributed by atoms with Crippen LogP contribution >= 0.6 is 27.7 Å². The molecule has 1 aromatic carbocycles. The first-order chi connectivity index (χ1) is 9.54. The molecule has 1 unspecified atom stereocenters. The predicted octanol–water partition coefficient (Wildman–Crippen LogP) is 2.05. The number of hydrogen-bond donors (Lipinski definition) is 2. The lowest BCUT2D eigenvalue weighted by atomic mass is 10.3. The summed E-state index contributed by atoms with van der Waals surface area (Å²) in [5.41, 5.74) is 0.362. The summed E-state index contributed by atoms with van der Waals surface area (Å²) in [4.78, 5) is 25.6. The van der Waals surface area contributed by atoms with E-state index in [1.165, 1.54) is 0 Å². The molecule has 0 spiro atoms. The first-order valence-corrected chi connectivity index (χ1v) is 7.37. The molecule has 0 fully saturated rings. The third-order valence-electron chi connectivity index (χ3n) is 2.32. The van der Waals surface area contributed by atoms with Gasteiger partial charge in [0.25, 0.3) is 5.56 Å². The van der Waals surface area contributed by atoms with Crippen LogP contribution in [-0.4, -0.2) is 26.3 Å². The van der Waals surface area contributed by atoms with E-state index in [1.807, 2.05) is 12.1 Å². The number of benzene rings is 1. The SMILES string of the molecule is CC(Sc1nncc(=O)[nH]1)C(=O)Nc1ccc(Br)cc1. The Hall–Kier alpha value is -1.67. The van der Waals surface area contributed by atoms with Crippen LogP contribution in [0.3, 0.4) is 0 Å². The fourth-order valence-electron chi connectivity index (χ4n) is 1.35. The Kier molecular flexibility index (Phi) is 4.91. The molecular weight excluding hydrogens is 344 g/mol. The summed E-state index contributed by atoms with van der Waals surface area (Å²) in [6.45, 7) is 1.73. The Labute approximate surface area is 127 Å². The number of aromatic amines is 1. The number of H-pyrrole nitrogens is 1. The summed E-state index contributed by atoms with van der Waals surface area (Å²) >= 11 is 4.46. The maximum atomic E-state index is 12.0. The molecule has 2 aromatic rings. The van der Waals surface area contributed by atoms with Gasteiger partial charge in [0, 0.05) is 10.2 Å². The van der Waals surface area contributed by atoms with E-state index in [-0.39, 0.29) is 11.5 Å². The fourth-order valence-corrected chi connectivity index (χ4v) is 2.37. The van der Waals surface area contributed by atoms with E-state index in [9.17, 15) is 9.59 Å². The molecule has 0 radical (unpaired) electrons. The molecule has 0 bridgehead atoms. The molecule has 0 saturated heterocycles. The number of thioether (sulfide) groups is 1. The van der Waals surface area contributed by atoms with E-state index in [4.69, 9.17) is 0 Å². The summed E-state index contributed by atoms with van der Waals surface area (Å²) in [6.07, 6.45) is 1.08. The zero-order valence-corrected chi connectivity index (χ0v) is 12.9. The molecule has 2 N–H and O–H groups in total. The van der Waals surface area contributed by atoms with E-state index < -0.39 is 5.25 Å². The van der Waals surface area contributed by atoms with Crippen molar-refractivity contribution in [2.75, 3.05) is 5.32 Å². The molecule has 1 amide bonds. The molecular formula is C12H11BrN4O2S. The van der Waals surface area contributed by atoms with Crippen molar-refractivity contribution in [1.82, 2.24) is 15.2 Å². The number of hydrogen-bond acceptors (Lipinski definition) is 5. The second-order valence-corrected chi connectivity index (χ2v) is 6.14. The standard InChI is InChI=1S/C12H11BrN4O2S/c1-7(20-12-16-10(18)6-14-17-12)11(19)15-9-4-2-8(13)3-5-9/h2-7H,1H3,(H,15,19)(H,16,17,18). The van der Waals surface area contributed by atoms with E-state index in [0.717, 1.165) is 22.4 Å². The molecule has 104 valence electrons. The number of nitrogens with one attached hydrogen (secondary N) is 2. The summed E-state index contributed by atoms with van der Waals surface area (Å²) in [7, 11) is 0. The minimum absolute atomic E-state index is 0.177. The Bertz CT molecular complexity index is 659. The van der Waals surface area contributed by atoms with E-state index in [1.54, 1.807) is 19.1 Å². The molecule has 0 saturated carbocycles. The Morgan fingerprint density at radius 3 is 2.75 bits per heavy atom. The predicted molar refractivity (Wildman–Crippen MR) is 80.7 cm³/mol. The molecule has 1 aromatic heterocycles. The number of carbonyl (C=O) groups excluding carboxylic acids is 1. The number of aromatic nitrogens is 3. The van der Waals surface area contributed by atoms with Crippen LogP contribution in [0.4, 0.5) is 5.69 Å². The van der Waals surface area contributed by atoms with Crippen molar-refractivity contribution in [2.45, 2.75) is 17.3 Å². The van der Waals surface area contributed by atoms with Gasteiger partial charge in [0.05, 0.1) is 5.25 Å². The third-order valence-corrected chi connectivity index (χ3v) is 3.83. The van der Waals surface area contributed by atoms with Gasteiger partial charge in [-0.3, -0.25) is 14.6 Å². The Morgan fingerprint density at radius 1 is 1.40 bits per heavy atom. The van der Waals surface area contributed by atoms with Crippen LogP contribution in [0.25, 0.3) is 0 Å². The van der Waals surface area contributed by atoms with Gasteiger partial charge in [0.2, 0.25) is 5.91 Å². The maximum absolute atomic E-state index is 12.0. The highest BCUT2D eigenvalue weighted by molar-refractivity contribution is 9.10. The van der Waals surface area contributed by atoms with Crippen molar-refractivity contribution in [3.05, 3.63) is 45.3 Å². The number of halogens is 1. The van der Waals surface area contributed by atoms with Crippen LogP contribution in [0.1, 0.15) is 6.92 Å². The van der Waals surface area contributed by atoms with Gasteiger partial charge in [-0.2, -0.15) is 5.10 Å². The molecule has 0 aliphatic rings. The number of carbonyl (C=O) groups is 1. The molecule has 1 atom stereocenters. The van der Waals surface area contributed by atoms with Gasteiger partial charge < -0.3 is 5.32 Å². The highest BCUT2D eigenvalue weighted by atomic mass is 79.9. The lowest BCUT2D eigenvalue weighted by molar-refractivity contribution is -0.115. The average Bonchev–Trinajstić information content (AvgIpc) is 2.41. The van der Waals surface area contributed by atoms with Crippen LogP contribution in [-0.2, 0) is 4.79 Å². The number of amides is 1. The largest absolute Gasteiger partial charge is 0.325 e. The van der Waals surface area contributed by atoms with Crippen molar-refractivity contribution in [1.29, 1.82) is 0 Å². The van der Waals surface area contributed by atoms with Gasteiger partial charge in [-0.1, -0.05) is 27.7 Å². The number of rotatable bonds is 4. The fraction of sp³-hybridized carbons (Fsp3) is 0.167. The molecule has 8 heteroatoms. The van der Waals surface area contributed by atoms with Crippen LogP contribution in [0, 0.1) is 0 Å². The summed E-state index contributed by atoms with van der Waals surface area (Å²) in [6, 6.07) is 7.27. The average molecular weight is 355 g/mol. The van der Waals surface area contributed by atoms with Crippen molar-refractivity contribution in [3.8, 4) is 0 Å². The molecule has 0 aliphatic carbocycles. The smallest absolute Gasteiger partial charge is 0.270 e. The topological polar surface area (TPSA) is 87.7 Å². The maximum Gasteiger partial charge on any atom is 0.270 e. The Balaban J connectivity index is 1.98. The van der Waals surface area contributed by atoms with Crippen molar-refractivity contribution >= 4 is 39.3 Å². The van der Waals surface area contributed by atoms with Crippen LogP contribution < -0.4 is 10.9 Å². The summed E-state index contributed by atoms with van der Waals surface area (Å²) < 4.78 is 0.940. The van der Waals surface area contributed by atoms with Crippen LogP contribution in [0.5, 0.6) is 0 Å². The zero-order valence-electron chi connectivity index (χ0n) is 10.5. The van der Waals surface area contributed by atoms with Crippen LogP contribution in [0.15, 0.2) is 44.9 Å². The minimum Gasteiger partial charge on any atom is -0.325 e. The molecule has 6 nitrogen and oxygen atoms in total. The normalized spacial score (nSPS) is 11.9. The van der Waals surface area contributed by atoms with Gasteiger partial charge in [-0.25, -0.2) is 0 Å². The van der Waals surface area contributed by atoms with E-state index >= 15 is 0 Å². The first-order valence-electron chi connectivity index (χ1n) is 5.69. The lowest BCUT2D eigenvalue weighted by Gasteiger charge is -2.10. The summed E-state index contributed by atoms with van der Waals surface area (Å²) in [5.74, 6) is -0.177. The van der Waals surface area contributed by atoms with Gasteiger partial charge in [0.1, 0.15) is 6.20 Å². The van der Waals surface area contributed by atoms with Crippen molar-refractivity contribution in [3.63, 3.8) is 0 Å². The van der Waals surface area contributed by atoms with E-state index in [0.29, 0.717) is 10.8 Å². The molecule has 2 rings (SSSR count). The lowest BCUT2D eigenvalue weighted by Crippen LogP contribution is -2.23. The highest BCUT2D eigenvalue weighted by Gasteiger charge is 2.16. The number of nitrogens with zero attached hydrogens (tertiary/aromatic N) is 2. The van der Waals surface area contributed by atoms with Gasteiger partial charge in [-0.15, -0.1) is 5.10 Å². The van der Waals surface area contributed by atoms with Crippen LogP contribution in [0.2, 0.25) is 0 Å². The number of anilines is 1. The van der Waals surface area contributed by atoms with Crippen molar-refractivity contribution < 1.29 is 4.79 Å². The molecule has 20 heavy (non-hydrogen) atoms. The van der Waals surface area contributed by atoms with Gasteiger partial charge in [0.15, 0.2) is 5.16 Å². The van der Waals surface area contributed by atoms with Gasteiger partial charge >= 0.3 is 0 Å². The minimum atomic E-state index is -0.411. The van der Waals surface area contributed by atoms with E-state index in [2.05, 4.69) is 36.4 Å². The summed E-state index contributed by atoms with van der Waals surface area (Å²) in [5, 5.41) is 9.98. The first kappa shape index (κ1) is 14.7. The molecule has 1 heterocycles. The second kappa shape index (κ2) is 6.67. The highest BCUT2D eigenvalue weighted by Crippen LogP contribution is 2.20.